The van der Waals surface area contributed by atoms with Crippen molar-refractivity contribution in [1.82, 2.24) is 20.7 Å². The standard InChI is InChI=1S/C29H36N4O4/c1-18(2)15-22(31-26(35)19-11-13-21(14-12-19)29(3,4)5)28(37)33-25-23(16-30-33)32(17-24(25)34)27(36)20-9-7-6-8-10-20/h6-14,18,22-23,25,30H,15-17H2,1-5H3,(H,31,35)/t22-,23?,25?/m0/s1. The van der Waals surface area contributed by atoms with Gasteiger partial charge in [-0.15, -0.1) is 0 Å². The molecule has 3 amide bonds. The Morgan fingerprint density at radius 2 is 1.65 bits per heavy atom. The van der Waals surface area contributed by atoms with Crippen molar-refractivity contribution in [3.63, 3.8) is 0 Å². The minimum absolute atomic E-state index is 0.0350. The largest absolute Gasteiger partial charge is 0.340 e. The van der Waals surface area contributed by atoms with Crippen molar-refractivity contribution in [1.29, 1.82) is 0 Å². The van der Waals surface area contributed by atoms with Gasteiger partial charge < -0.3 is 10.2 Å². The number of likely N-dealkylation sites (tertiary alicyclic amines) is 1. The van der Waals surface area contributed by atoms with Crippen LogP contribution in [0.1, 0.15) is 67.3 Å². The first-order chi connectivity index (χ1) is 17.5. The number of carbonyl (C=O) groups is 4. The highest BCUT2D eigenvalue weighted by Gasteiger charge is 2.52. The molecular formula is C29H36N4O4. The van der Waals surface area contributed by atoms with Crippen LogP contribution in [-0.4, -0.2) is 64.6 Å². The van der Waals surface area contributed by atoms with Crippen LogP contribution in [0.2, 0.25) is 0 Å². The lowest BCUT2D eigenvalue weighted by Crippen LogP contribution is -2.55. The molecule has 2 aliphatic rings. The number of carbonyl (C=O) groups excluding carboxylic acids is 4. The number of ketones is 1. The number of hydrogen-bond donors (Lipinski definition) is 2. The molecule has 2 aliphatic heterocycles. The number of nitrogens with zero attached hydrogens (tertiary/aromatic N) is 2. The van der Waals surface area contributed by atoms with Crippen molar-refractivity contribution in [3.05, 3.63) is 71.3 Å². The van der Waals surface area contributed by atoms with Crippen LogP contribution in [0.3, 0.4) is 0 Å². The molecule has 4 rings (SSSR count). The van der Waals surface area contributed by atoms with E-state index in [1.54, 1.807) is 36.4 Å². The summed E-state index contributed by atoms with van der Waals surface area (Å²) in [6, 6.07) is 14.2. The quantitative estimate of drug-likeness (QED) is 0.630. The fourth-order valence-corrected chi connectivity index (χ4v) is 5.00. The number of fused-ring (bicyclic) bond motifs is 1. The van der Waals surface area contributed by atoms with Crippen LogP contribution in [0, 0.1) is 5.92 Å². The molecule has 2 fully saturated rings. The van der Waals surface area contributed by atoms with E-state index in [4.69, 9.17) is 0 Å². The average Bonchev–Trinajstić information content (AvgIpc) is 3.44. The Morgan fingerprint density at radius 3 is 2.24 bits per heavy atom. The Morgan fingerprint density at radius 1 is 1.00 bits per heavy atom. The average molecular weight is 505 g/mol. The third kappa shape index (κ3) is 5.59. The van der Waals surface area contributed by atoms with E-state index in [0.717, 1.165) is 5.56 Å². The van der Waals surface area contributed by atoms with Gasteiger partial charge in [0.05, 0.1) is 12.6 Å². The van der Waals surface area contributed by atoms with E-state index in [0.29, 0.717) is 17.5 Å². The maximum absolute atomic E-state index is 13.7. The second kappa shape index (κ2) is 10.5. The monoisotopic (exact) mass is 504 g/mol. The van der Waals surface area contributed by atoms with Crippen LogP contribution in [0.4, 0.5) is 0 Å². The minimum atomic E-state index is -0.812. The number of amides is 3. The van der Waals surface area contributed by atoms with E-state index in [2.05, 4.69) is 31.5 Å². The van der Waals surface area contributed by atoms with Gasteiger partial charge in [-0.1, -0.05) is 65.0 Å². The molecule has 2 aromatic rings. The third-order valence-corrected chi connectivity index (χ3v) is 7.01. The fraction of sp³-hybridized carbons (Fsp3) is 0.448. The smallest absolute Gasteiger partial charge is 0.260 e. The van der Waals surface area contributed by atoms with E-state index in [-0.39, 0.29) is 47.9 Å². The normalized spacial score (nSPS) is 20.2. The summed E-state index contributed by atoms with van der Waals surface area (Å²) in [4.78, 5) is 54.4. The van der Waals surface area contributed by atoms with E-state index in [9.17, 15) is 19.2 Å². The predicted octanol–water partition coefficient (Wildman–Crippen LogP) is 2.94. The van der Waals surface area contributed by atoms with Gasteiger partial charge in [-0.25, -0.2) is 5.43 Å². The molecule has 8 heteroatoms. The predicted molar refractivity (Wildman–Crippen MR) is 141 cm³/mol. The molecule has 2 unspecified atom stereocenters. The van der Waals surface area contributed by atoms with Gasteiger partial charge in [0.2, 0.25) is 0 Å². The molecule has 2 saturated heterocycles. The van der Waals surface area contributed by atoms with Crippen molar-refractivity contribution >= 4 is 23.5 Å². The number of rotatable bonds is 6. The first-order valence-electron chi connectivity index (χ1n) is 12.8. The van der Waals surface area contributed by atoms with E-state index >= 15 is 0 Å². The third-order valence-electron chi connectivity index (χ3n) is 7.01. The topological polar surface area (TPSA) is 98.8 Å². The van der Waals surface area contributed by atoms with Gasteiger partial charge in [0.25, 0.3) is 17.7 Å². The summed E-state index contributed by atoms with van der Waals surface area (Å²) < 4.78 is 0. The van der Waals surface area contributed by atoms with Gasteiger partial charge in [-0.05, 0) is 47.6 Å². The second-order valence-corrected chi connectivity index (χ2v) is 11.3. The molecule has 0 saturated carbocycles. The zero-order valence-electron chi connectivity index (χ0n) is 22.2. The molecule has 0 radical (unpaired) electrons. The lowest BCUT2D eigenvalue weighted by atomic mass is 9.86. The van der Waals surface area contributed by atoms with E-state index in [1.807, 2.05) is 32.0 Å². The highest BCUT2D eigenvalue weighted by Crippen LogP contribution is 2.27. The van der Waals surface area contributed by atoms with Crippen LogP contribution in [0.25, 0.3) is 0 Å². The molecule has 0 aliphatic carbocycles. The zero-order valence-corrected chi connectivity index (χ0v) is 22.2. The minimum Gasteiger partial charge on any atom is -0.340 e. The summed E-state index contributed by atoms with van der Waals surface area (Å²) in [5.74, 6) is -1.01. The Bertz CT molecular complexity index is 1170. The van der Waals surface area contributed by atoms with Crippen molar-refractivity contribution in [2.75, 3.05) is 13.1 Å². The van der Waals surface area contributed by atoms with Crippen molar-refractivity contribution in [2.45, 2.75) is 64.6 Å². The van der Waals surface area contributed by atoms with Gasteiger partial charge in [0.15, 0.2) is 5.78 Å². The van der Waals surface area contributed by atoms with Crippen LogP contribution in [0.5, 0.6) is 0 Å². The molecule has 0 aromatic heterocycles. The lowest BCUT2D eigenvalue weighted by molar-refractivity contribution is -0.141. The van der Waals surface area contributed by atoms with Crippen LogP contribution >= 0.6 is 0 Å². The molecule has 196 valence electrons. The molecule has 2 aromatic carbocycles. The maximum atomic E-state index is 13.7. The summed E-state index contributed by atoms with van der Waals surface area (Å²) in [7, 11) is 0. The number of Topliss-reactive ketones (excluding diaryl/α,β-unsaturated/α-hetero) is 1. The SMILES string of the molecule is CC(C)C[C@H](NC(=O)c1ccc(C(C)(C)C)cc1)C(=O)N1NCC2C1C(=O)CN2C(=O)c1ccccc1. The molecule has 3 atom stereocenters. The number of hydrogen-bond acceptors (Lipinski definition) is 5. The van der Waals surface area contributed by atoms with Crippen LogP contribution < -0.4 is 10.7 Å². The zero-order chi connectivity index (χ0) is 26.9. The Labute approximate surface area is 218 Å². The first kappa shape index (κ1) is 26.5. The highest BCUT2D eigenvalue weighted by atomic mass is 16.2. The highest BCUT2D eigenvalue weighted by molar-refractivity contribution is 6.03. The van der Waals surface area contributed by atoms with Crippen LogP contribution in [0.15, 0.2) is 54.6 Å². The van der Waals surface area contributed by atoms with Gasteiger partial charge in [0.1, 0.15) is 12.1 Å². The molecule has 0 bridgehead atoms. The fourth-order valence-electron chi connectivity index (χ4n) is 5.00. The molecule has 37 heavy (non-hydrogen) atoms. The summed E-state index contributed by atoms with van der Waals surface area (Å²) in [6.07, 6.45) is 0.418. The van der Waals surface area contributed by atoms with E-state index < -0.39 is 18.1 Å². The molecule has 2 heterocycles. The number of benzene rings is 2. The molecule has 8 nitrogen and oxygen atoms in total. The summed E-state index contributed by atoms with van der Waals surface area (Å²) in [5.41, 5.74) is 5.08. The molecule has 2 N–H and O–H groups in total. The van der Waals surface area contributed by atoms with Crippen molar-refractivity contribution in [2.24, 2.45) is 5.92 Å². The van der Waals surface area contributed by atoms with Crippen LogP contribution in [-0.2, 0) is 15.0 Å². The van der Waals surface area contributed by atoms with Crippen molar-refractivity contribution in [3.8, 4) is 0 Å². The Balaban J connectivity index is 1.50. The Hall–Kier alpha value is -3.52. The Kier molecular flexibility index (Phi) is 7.50. The van der Waals surface area contributed by atoms with Gasteiger partial charge in [0, 0.05) is 17.7 Å². The summed E-state index contributed by atoms with van der Waals surface area (Å²) in [6.45, 7) is 10.5. The van der Waals surface area contributed by atoms with Gasteiger partial charge >= 0.3 is 0 Å². The summed E-state index contributed by atoms with van der Waals surface area (Å²) >= 11 is 0. The maximum Gasteiger partial charge on any atom is 0.260 e. The molecule has 0 spiro atoms. The van der Waals surface area contributed by atoms with Gasteiger partial charge in [-0.2, -0.15) is 0 Å². The van der Waals surface area contributed by atoms with E-state index in [1.165, 1.54) is 9.91 Å². The number of nitrogens with one attached hydrogen (secondary N) is 2. The molecular weight excluding hydrogens is 468 g/mol. The number of hydrazine groups is 1. The lowest BCUT2D eigenvalue weighted by Gasteiger charge is -2.28. The van der Waals surface area contributed by atoms with Gasteiger partial charge in [-0.3, -0.25) is 24.2 Å². The second-order valence-electron chi connectivity index (χ2n) is 11.3. The first-order valence-corrected chi connectivity index (χ1v) is 12.8. The van der Waals surface area contributed by atoms with Crippen molar-refractivity contribution < 1.29 is 19.2 Å². The summed E-state index contributed by atoms with van der Waals surface area (Å²) in [5, 5.41) is 4.23.